The van der Waals surface area contributed by atoms with Gasteiger partial charge >= 0.3 is 0 Å². The molecular weight excluding hydrogens is 388 g/mol. The zero-order chi connectivity index (χ0) is 21.0. The lowest BCUT2D eigenvalue weighted by Crippen LogP contribution is -2.36. The zero-order valence-corrected chi connectivity index (χ0v) is 17.7. The zero-order valence-electron chi connectivity index (χ0n) is 17.7. The molecule has 0 radical (unpaired) electrons. The van der Waals surface area contributed by atoms with Crippen LogP contribution in [0.3, 0.4) is 0 Å². The molecule has 1 aromatic carbocycles. The lowest BCUT2D eigenvalue weighted by atomic mass is 10.0. The molecule has 0 bridgehead atoms. The number of piperidine rings is 1. The van der Waals surface area contributed by atoms with Gasteiger partial charge in [-0.25, -0.2) is 15.0 Å². The Kier molecular flexibility index (Phi) is 5.67. The van der Waals surface area contributed by atoms with Gasteiger partial charge in [0.2, 0.25) is 5.95 Å². The highest BCUT2D eigenvalue weighted by molar-refractivity contribution is 5.75. The van der Waals surface area contributed by atoms with Crippen LogP contribution in [0.2, 0.25) is 0 Å². The first-order chi connectivity index (χ1) is 15.3. The fourth-order valence-electron chi connectivity index (χ4n) is 4.27. The molecule has 0 amide bonds. The van der Waals surface area contributed by atoms with Crippen LogP contribution in [-0.2, 0) is 4.74 Å². The van der Waals surface area contributed by atoms with E-state index < -0.39 is 0 Å². The third-order valence-electron chi connectivity index (χ3n) is 6.04. The van der Waals surface area contributed by atoms with Gasteiger partial charge in [0.05, 0.1) is 18.9 Å². The minimum Gasteiger partial charge on any atom is -0.378 e. The molecule has 7 heteroatoms. The van der Waals surface area contributed by atoms with E-state index in [2.05, 4.69) is 56.2 Å². The summed E-state index contributed by atoms with van der Waals surface area (Å²) in [6.45, 7) is 5.41. The number of pyridine rings is 1. The van der Waals surface area contributed by atoms with Crippen molar-refractivity contribution in [2.45, 2.75) is 19.3 Å². The molecule has 3 aromatic rings. The second kappa shape index (κ2) is 8.89. The van der Waals surface area contributed by atoms with E-state index in [9.17, 15) is 0 Å². The second-order valence-electron chi connectivity index (χ2n) is 8.12. The van der Waals surface area contributed by atoms with Gasteiger partial charge in [0.25, 0.3) is 0 Å². The number of nitrogens with two attached hydrogens (primary N) is 1. The summed E-state index contributed by atoms with van der Waals surface area (Å²) in [7, 11) is 0. The summed E-state index contributed by atoms with van der Waals surface area (Å²) in [5.74, 6) is 1.22. The average molecular weight is 417 g/mol. The first kappa shape index (κ1) is 19.8. The van der Waals surface area contributed by atoms with E-state index >= 15 is 0 Å². The summed E-state index contributed by atoms with van der Waals surface area (Å²) in [4.78, 5) is 18.0. The Balaban J connectivity index is 1.50. The highest BCUT2D eigenvalue weighted by Gasteiger charge is 2.16. The molecule has 0 unspecified atom stereocenters. The van der Waals surface area contributed by atoms with Crippen LogP contribution in [-0.4, -0.2) is 54.3 Å². The van der Waals surface area contributed by atoms with E-state index in [1.54, 1.807) is 12.4 Å². The predicted octanol–water partition coefficient (Wildman–Crippen LogP) is 3.61. The molecule has 5 rings (SSSR count). The number of benzene rings is 1. The molecule has 0 spiro atoms. The fraction of sp³-hybridized carbons (Fsp3) is 0.375. The topological polar surface area (TPSA) is 80.4 Å². The predicted molar refractivity (Wildman–Crippen MR) is 124 cm³/mol. The molecule has 2 aliphatic rings. The van der Waals surface area contributed by atoms with Gasteiger partial charge in [-0.2, -0.15) is 0 Å². The van der Waals surface area contributed by atoms with Gasteiger partial charge in [0.15, 0.2) is 0 Å². The number of rotatable bonds is 4. The van der Waals surface area contributed by atoms with Crippen molar-refractivity contribution in [1.82, 2.24) is 15.0 Å². The molecule has 4 heterocycles. The largest absolute Gasteiger partial charge is 0.378 e. The molecule has 0 aliphatic carbocycles. The van der Waals surface area contributed by atoms with Crippen LogP contribution in [0.25, 0.3) is 22.4 Å². The number of hydrogen-bond acceptors (Lipinski definition) is 7. The molecule has 2 saturated heterocycles. The molecule has 31 heavy (non-hydrogen) atoms. The molecule has 160 valence electrons. The summed E-state index contributed by atoms with van der Waals surface area (Å²) < 4.78 is 5.53. The monoisotopic (exact) mass is 416 g/mol. The first-order valence-corrected chi connectivity index (χ1v) is 11.0. The normalized spacial score (nSPS) is 17.0. The molecule has 2 aliphatic heterocycles. The SMILES string of the molecule is Nc1ncc(-c2cc(-c3ccc(N4CCCCC4)cc3)cc(N3CCOCC3)n2)cn1. The highest BCUT2D eigenvalue weighted by Crippen LogP contribution is 2.31. The van der Waals surface area contributed by atoms with Crippen molar-refractivity contribution in [3.63, 3.8) is 0 Å². The third-order valence-corrected chi connectivity index (χ3v) is 6.04. The van der Waals surface area contributed by atoms with Crippen LogP contribution < -0.4 is 15.5 Å². The maximum absolute atomic E-state index is 5.68. The summed E-state index contributed by atoms with van der Waals surface area (Å²) in [5, 5.41) is 0. The molecule has 0 saturated carbocycles. The fourth-order valence-corrected chi connectivity index (χ4v) is 4.27. The van der Waals surface area contributed by atoms with E-state index in [1.807, 2.05) is 0 Å². The van der Waals surface area contributed by atoms with E-state index in [0.29, 0.717) is 0 Å². The van der Waals surface area contributed by atoms with Crippen molar-refractivity contribution in [2.75, 3.05) is 54.9 Å². The van der Waals surface area contributed by atoms with Gasteiger partial charge in [0.1, 0.15) is 5.82 Å². The van der Waals surface area contributed by atoms with Crippen LogP contribution >= 0.6 is 0 Å². The number of ether oxygens (including phenoxy) is 1. The van der Waals surface area contributed by atoms with Gasteiger partial charge in [-0.3, -0.25) is 0 Å². The third kappa shape index (κ3) is 4.46. The van der Waals surface area contributed by atoms with Crippen molar-refractivity contribution in [2.24, 2.45) is 0 Å². The Labute approximate surface area is 182 Å². The Morgan fingerprint density at radius 3 is 2.16 bits per heavy atom. The number of hydrogen-bond donors (Lipinski definition) is 1. The van der Waals surface area contributed by atoms with Gasteiger partial charge in [0, 0.05) is 49.8 Å². The van der Waals surface area contributed by atoms with E-state index in [0.717, 1.165) is 62.0 Å². The van der Waals surface area contributed by atoms with Crippen LogP contribution in [0.5, 0.6) is 0 Å². The summed E-state index contributed by atoms with van der Waals surface area (Å²) in [6.07, 6.45) is 7.37. The quantitative estimate of drug-likeness (QED) is 0.696. The Bertz CT molecular complexity index is 1010. The Hall–Kier alpha value is -3.19. The smallest absolute Gasteiger partial charge is 0.219 e. The highest BCUT2D eigenvalue weighted by atomic mass is 16.5. The summed E-state index contributed by atoms with van der Waals surface area (Å²) in [6, 6.07) is 13.2. The molecule has 2 fully saturated rings. The number of morpholine rings is 1. The van der Waals surface area contributed by atoms with Crippen molar-refractivity contribution in [1.29, 1.82) is 0 Å². The summed E-state index contributed by atoms with van der Waals surface area (Å²) in [5.41, 5.74) is 11.0. The number of aromatic nitrogens is 3. The Morgan fingerprint density at radius 1 is 0.742 bits per heavy atom. The van der Waals surface area contributed by atoms with E-state index in [1.165, 1.54) is 30.5 Å². The second-order valence-corrected chi connectivity index (χ2v) is 8.12. The van der Waals surface area contributed by atoms with Crippen molar-refractivity contribution >= 4 is 17.5 Å². The first-order valence-electron chi connectivity index (χ1n) is 11.0. The number of anilines is 3. The van der Waals surface area contributed by atoms with Crippen LogP contribution in [0, 0.1) is 0 Å². The molecule has 0 atom stereocenters. The maximum atomic E-state index is 5.68. The van der Waals surface area contributed by atoms with Crippen molar-refractivity contribution < 1.29 is 4.74 Å². The Morgan fingerprint density at radius 2 is 1.45 bits per heavy atom. The van der Waals surface area contributed by atoms with E-state index in [4.69, 9.17) is 15.5 Å². The van der Waals surface area contributed by atoms with Gasteiger partial charge < -0.3 is 20.3 Å². The van der Waals surface area contributed by atoms with Crippen LogP contribution in [0.1, 0.15) is 19.3 Å². The number of nitrogen functional groups attached to an aromatic ring is 1. The van der Waals surface area contributed by atoms with Crippen LogP contribution in [0.15, 0.2) is 48.8 Å². The van der Waals surface area contributed by atoms with Crippen molar-refractivity contribution in [3.05, 3.63) is 48.8 Å². The lowest BCUT2D eigenvalue weighted by Gasteiger charge is -2.29. The lowest BCUT2D eigenvalue weighted by molar-refractivity contribution is 0.122. The van der Waals surface area contributed by atoms with E-state index in [-0.39, 0.29) is 5.95 Å². The number of nitrogens with zero attached hydrogens (tertiary/aromatic N) is 5. The molecule has 2 N–H and O–H groups in total. The van der Waals surface area contributed by atoms with Crippen LogP contribution in [0.4, 0.5) is 17.5 Å². The van der Waals surface area contributed by atoms with Gasteiger partial charge in [-0.05, 0) is 54.7 Å². The minimum absolute atomic E-state index is 0.265. The van der Waals surface area contributed by atoms with Gasteiger partial charge in [-0.1, -0.05) is 12.1 Å². The maximum Gasteiger partial charge on any atom is 0.219 e. The average Bonchev–Trinajstić information content (AvgIpc) is 2.85. The molecule has 7 nitrogen and oxygen atoms in total. The summed E-state index contributed by atoms with van der Waals surface area (Å²) >= 11 is 0. The molecular formula is C24H28N6O. The standard InChI is InChI=1S/C24H28N6O/c25-24-26-16-20(17-27-24)22-14-19(15-23(28-22)30-10-12-31-13-11-30)18-4-6-21(7-5-18)29-8-2-1-3-9-29/h4-7,14-17H,1-3,8-13H2,(H2,25,26,27). The van der Waals surface area contributed by atoms with Crippen molar-refractivity contribution in [3.8, 4) is 22.4 Å². The molecule has 2 aromatic heterocycles. The minimum atomic E-state index is 0.265. The van der Waals surface area contributed by atoms with Gasteiger partial charge in [-0.15, -0.1) is 0 Å².